The second-order valence-electron chi connectivity index (χ2n) is 9.95. The summed E-state index contributed by atoms with van der Waals surface area (Å²) in [6.45, 7) is 12.1. The highest BCUT2D eigenvalue weighted by Crippen LogP contribution is 2.31. The van der Waals surface area contributed by atoms with Crippen LogP contribution in [0, 0.1) is 11.3 Å². The molecule has 0 bridgehead atoms. The Labute approximate surface area is 215 Å². The quantitative estimate of drug-likeness (QED) is 0.163. The number of nitrogens with two attached hydrogens (primary N) is 1. The fourth-order valence-electron chi connectivity index (χ4n) is 4.09. The molecular weight excluding hydrogens is 488 g/mol. The molecule has 1 rings (SSSR count). The number of amides is 5. The minimum atomic E-state index is -2.98. The lowest BCUT2D eigenvalue weighted by molar-refractivity contribution is -0.144. The van der Waals surface area contributed by atoms with E-state index in [1.807, 2.05) is 0 Å². The number of hydrogen-bond acceptors (Lipinski definition) is 5. The Morgan fingerprint density at radius 1 is 1.19 bits per heavy atom. The van der Waals surface area contributed by atoms with E-state index in [1.165, 1.54) is 11.0 Å². The number of halogens is 2. The number of carbonyl (C=O) groups excluding carboxylic acids is 5. The fraction of sp³-hybridized carbons (Fsp3) is 0.600. The lowest BCUT2D eigenvalue weighted by Crippen LogP contribution is -2.59. The number of nitrogens with zero attached hydrogens (tertiary/aromatic N) is 1. The predicted octanol–water partition coefficient (Wildman–Crippen LogP) is 1.42. The van der Waals surface area contributed by atoms with E-state index in [2.05, 4.69) is 34.8 Å². The highest BCUT2D eigenvalue weighted by molar-refractivity contribution is 6.38. The van der Waals surface area contributed by atoms with E-state index in [-0.39, 0.29) is 25.4 Å². The van der Waals surface area contributed by atoms with Gasteiger partial charge < -0.3 is 26.6 Å². The summed E-state index contributed by atoms with van der Waals surface area (Å²) in [6.07, 6.45) is 0.326. The first-order valence-electron chi connectivity index (χ1n) is 11.9. The van der Waals surface area contributed by atoms with Crippen LogP contribution in [0.1, 0.15) is 46.5 Å². The van der Waals surface area contributed by atoms with E-state index in [1.54, 1.807) is 26.8 Å². The van der Waals surface area contributed by atoms with Gasteiger partial charge in [0.25, 0.3) is 5.91 Å². The maximum atomic E-state index is 13.5. The van der Waals surface area contributed by atoms with Crippen molar-refractivity contribution in [1.82, 2.24) is 20.9 Å². The monoisotopic (exact) mass is 525 g/mol. The number of alkyl halides is 2. The zero-order valence-electron chi connectivity index (χ0n) is 21.5. The van der Waals surface area contributed by atoms with Gasteiger partial charge in [-0.15, -0.1) is 12.3 Å². The third-order valence-corrected chi connectivity index (χ3v) is 5.91. The largest absolute Gasteiger partial charge is 0.352 e. The number of carbonyl (C=O) groups is 5. The number of rotatable bonds is 13. The molecule has 37 heavy (non-hydrogen) atoms. The predicted molar refractivity (Wildman–Crippen MR) is 133 cm³/mol. The first-order chi connectivity index (χ1) is 17.2. The van der Waals surface area contributed by atoms with E-state index in [0.717, 1.165) is 0 Å². The summed E-state index contributed by atoms with van der Waals surface area (Å²) in [4.78, 5) is 64.2. The molecule has 0 radical (unpaired) electrons. The fourth-order valence-corrected chi connectivity index (χ4v) is 4.09. The van der Waals surface area contributed by atoms with Crippen molar-refractivity contribution in [2.45, 2.75) is 71.0 Å². The third-order valence-electron chi connectivity index (χ3n) is 5.91. The first kappa shape index (κ1) is 31.5. The summed E-state index contributed by atoms with van der Waals surface area (Å²) >= 11 is 0. The van der Waals surface area contributed by atoms with E-state index in [0.29, 0.717) is 12.8 Å². The van der Waals surface area contributed by atoms with Crippen LogP contribution in [0.3, 0.4) is 0 Å². The third kappa shape index (κ3) is 9.80. The molecule has 5 amide bonds. The van der Waals surface area contributed by atoms with Crippen LogP contribution in [0.25, 0.3) is 0 Å². The van der Waals surface area contributed by atoms with Gasteiger partial charge in [-0.25, -0.2) is 13.6 Å². The van der Waals surface area contributed by atoms with E-state index in [4.69, 9.17) is 5.73 Å². The molecule has 0 aromatic carbocycles. The maximum absolute atomic E-state index is 13.5. The van der Waals surface area contributed by atoms with Gasteiger partial charge in [-0.2, -0.15) is 0 Å². The summed E-state index contributed by atoms with van der Waals surface area (Å²) < 4.78 is 26.4. The zero-order chi connectivity index (χ0) is 28.3. The van der Waals surface area contributed by atoms with Crippen molar-refractivity contribution < 1.29 is 32.8 Å². The number of nitrogens with one attached hydrogen (secondary N) is 3. The van der Waals surface area contributed by atoms with Crippen LogP contribution in [-0.4, -0.2) is 72.1 Å². The number of urea groups is 1. The second-order valence-corrected chi connectivity index (χ2v) is 9.95. The minimum Gasteiger partial charge on any atom is -0.352 e. The van der Waals surface area contributed by atoms with Gasteiger partial charge in [-0.05, 0) is 36.7 Å². The minimum absolute atomic E-state index is 0.0628. The molecule has 0 saturated carbocycles. The second kappa shape index (κ2) is 14.3. The van der Waals surface area contributed by atoms with Crippen molar-refractivity contribution in [3.05, 3.63) is 31.0 Å². The smallest absolute Gasteiger partial charge is 0.312 e. The van der Waals surface area contributed by atoms with Gasteiger partial charge in [0.05, 0.1) is 0 Å². The SMILES string of the molecule is C=C=CCC[C@@H]1C[C@@H](C(=O)N[C@@H](CC(F)F)C(=O)C(=O)NCC=C)N(C(=O)[C@@H](NC(N)=O)C(C)(C)C)C1. The average Bonchev–Trinajstić information content (AvgIpc) is 3.23. The van der Waals surface area contributed by atoms with Crippen molar-refractivity contribution in [3.63, 3.8) is 0 Å². The van der Waals surface area contributed by atoms with Gasteiger partial charge in [0.2, 0.25) is 24.0 Å². The summed E-state index contributed by atoms with van der Waals surface area (Å²) in [5.41, 5.74) is 7.15. The number of ketones is 1. The highest BCUT2D eigenvalue weighted by atomic mass is 19.3. The van der Waals surface area contributed by atoms with Crippen molar-refractivity contribution in [2.24, 2.45) is 17.1 Å². The molecule has 1 saturated heterocycles. The molecule has 1 aliphatic rings. The normalized spacial score (nSPS) is 18.8. The number of Topliss-reactive ketones (excluding diaryl/α,β-unsaturated/α-hetero) is 1. The molecule has 0 unspecified atom stereocenters. The molecular formula is C25H37F2N5O5. The Balaban J connectivity index is 3.25. The Bertz CT molecular complexity index is 927. The Morgan fingerprint density at radius 3 is 2.35 bits per heavy atom. The molecule has 0 spiro atoms. The Morgan fingerprint density at radius 2 is 1.84 bits per heavy atom. The van der Waals surface area contributed by atoms with E-state index < -0.39 is 65.9 Å². The van der Waals surface area contributed by atoms with Crippen LogP contribution in [0.4, 0.5) is 13.6 Å². The molecule has 12 heteroatoms. The Hall–Kier alpha value is -3.53. The highest BCUT2D eigenvalue weighted by Gasteiger charge is 2.45. The summed E-state index contributed by atoms with van der Waals surface area (Å²) in [7, 11) is 0. The van der Waals surface area contributed by atoms with Gasteiger partial charge in [-0.3, -0.25) is 19.2 Å². The van der Waals surface area contributed by atoms with E-state index >= 15 is 0 Å². The maximum Gasteiger partial charge on any atom is 0.312 e. The molecule has 0 aromatic heterocycles. The average molecular weight is 526 g/mol. The lowest BCUT2D eigenvalue weighted by atomic mass is 9.85. The van der Waals surface area contributed by atoms with Gasteiger partial charge in [0, 0.05) is 19.5 Å². The van der Waals surface area contributed by atoms with Crippen LogP contribution >= 0.6 is 0 Å². The van der Waals surface area contributed by atoms with Gasteiger partial charge in [0.1, 0.15) is 18.1 Å². The van der Waals surface area contributed by atoms with E-state index in [9.17, 15) is 32.8 Å². The van der Waals surface area contributed by atoms with Gasteiger partial charge >= 0.3 is 6.03 Å². The van der Waals surface area contributed by atoms with Crippen LogP contribution < -0.4 is 21.7 Å². The molecule has 0 aliphatic carbocycles. The number of hydrogen-bond donors (Lipinski definition) is 4. The number of primary amides is 1. The first-order valence-corrected chi connectivity index (χ1v) is 11.9. The number of allylic oxidation sites excluding steroid dienone is 1. The molecule has 0 aromatic rings. The molecule has 5 N–H and O–H groups in total. The van der Waals surface area contributed by atoms with Crippen molar-refractivity contribution in [3.8, 4) is 0 Å². The zero-order valence-corrected chi connectivity index (χ0v) is 21.5. The molecule has 1 fully saturated rings. The molecule has 1 heterocycles. The topological polar surface area (TPSA) is 151 Å². The molecule has 10 nitrogen and oxygen atoms in total. The van der Waals surface area contributed by atoms with Crippen LogP contribution in [0.5, 0.6) is 0 Å². The van der Waals surface area contributed by atoms with Crippen molar-refractivity contribution in [2.75, 3.05) is 13.1 Å². The Kier molecular flexibility index (Phi) is 12.1. The molecule has 206 valence electrons. The standard InChI is InChI=1S/C25H37F2N5O5/c1-6-8-9-10-15-12-17(32(14-15)23(36)20(25(3,4)5)31-24(28)37)21(34)30-16(13-18(26)27)19(33)22(35)29-11-7-2/h7-8,15-18,20H,1-2,9-14H2,3-5H3,(H,29,35)(H,30,34)(H3,28,31,37)/t15-,16+,17+,20-/m1/s1. The summed E-state index contributed by atoms with van der Waals surface area (Å²) in [6, 6.07) is -4.90. The molecule has 1 aliphatic heterocycles. The molecule has 4 atom stereocenters. The van der Waals surface area contributed by atoms with Crippen LogP contribution in [0.2, 0.25) is 0 Å². The van der Waals surface area contributed by atoms with Crippen LogP contribution in [-0.2, 0) is 19.2 Å². The number of likely N-dealkylation sites (tertiary alicyclic amines) is 1. The van der Waals surface area contributed by atoms with Crippen LogP contribution in [0.15, 0.2) is 31.0 Å². The van der Waals surface area contributed by atoms with Gasteiger partial charge in [-0.1, -0.05) is 33.4 Å². The summed E-state index contributed by atoms with van der Waals surface area (Å²) in [5, 5.41) is 6.87. The van der Waals surface area contributed by atoms with Crippen molar-refractivity contribution in [1.29, 1.82) is 0 Å². The van der Waals surface area contributed by atoms with Gasteiger partial charge in [0.15, 0.2) is 0 Å². The summed E-state index contributed by atoms with van der Waals surface area (Å²) in [5.74, 6) is -3.94. The lowest BCUT2D eigenvalue weighted by Gasteiger charge is -2.35. The van der Waals surface area contributed by atoms with Crippen molar-refractivity contribution >= 4 is 29.5 Å².